The summed E-state index contributed by atoms with van der Waals surface area (Å²) < 4.78 is 28.6. The smallest absolute Gasteiger partial charge is 0.259 e. The molecule has 2 atom stereocenters. The van der Waals surface area contributed by atoms with Gasteiger partial charge in [-0.15, -0.1) is 0 Å². The number of aromatic nitrogens is 2. The SMILES string of the molecule is CCCn1cc(S(=O)(=O)NC(C)CC(C)O)nc1C. The van der Waals surface area contributed by atoms with E-state index in [0.29, 0.717) is 12.2 Å². The number of nitrogens with zero attached hydrogens (tertiary/aromatic N) is 2. The first-order valence-electron chi connectivity index (χ1n) is 6.50. The molecule has 0 fully saturated rings. The van der Waals surface area contributed by atoms with Crippen molar-refractivity contribution in [3.8, 4) is 0 Å². The molecule has 2 unspecified atom stereocenters. The first-order valence-corrected chi connectivity index (χ1v) is 7.98. The number of nitrogens with one attached hydrogen (secondary N) is 1. The summed E-state index contributed by atoms with van der Waals surface area (Å²) in [5.74, 6) is 0.686. The third-order valence-electron chi connectivity index (χ3n) is 2.74. The van der Waals surface area contributed by atoms with E-state index in [0.717, 1.165) is 13.0 Å². The van der Waals surface area contributed by atoms with Crippen LogP contribution in [0.1, 0.15) is 39.4 Å². The Morgan fingerprint density at radius 2 is 2.11 bits per heavy atom. The van der Waals surface area contributed by atoms with Gasteiger partial charge in [0.15, 0.2) is 5.03 Å². The molecular formula is C12H23N3O3S. The van der Waals surface area contributed by atoms with Crippen molar-refractivity contribution in [2.24, 2.45) is 0 Å². The molecule has 1 heterocycles. The molecule has 0 aliphatic carbocycles. The highest BCUT2D eigenvalue weighted by Crippen LogP contribution is 2.11. The van der Waals surface area contributed by atoms with Gasteiger partial charge >= 0.3 is 0 Å². The predicted octanol–water partition coefficient (Wildman–Crippen LogP) is 1.04. The second kappa shape index (κ2) is 6.49. The van der Waals surface area contributed by atoms with Crippen LogP contribution >= 0.6 is 0 Å². The Hall–Kier alpha value is -0.920. The Balaban J connectivity index is 2.85. The van der Waals surface area contributed by atoms with Crippen LogP contribution in [0.15, 0.2) is 11.2 Å². The summed E-state index contributed by atoms with van der Waals surface area (Å²) in [6.07, 6.45) is 2.30. The number of aliphatic hydroxyl groups is 1. The predicted molar refractivity (Wildman–Crippen MR) is 73.3 cm³/mol. The van der Waals surface area contributed by atoms with Crippen LogP contribution in [0.2, 0.25) is 0 Å². The number of sulfonamides is 1. The third-order valence-corrected chi connectivity index (χ3v) is 4.20. The van der Waals surface area contributed by atoms with Crippen molar-refractivity contribution in [2.45, 2.75) is 64.3 Å². The molecule has 0 aliphatic rings. The lowest BCUT2D eigenvalue weighted by Gasteiger charge is -2.14. The van der Waals surface area contributed by atoms with Crippen LogP contribution in [-0.2, 0) is 16.6 Å². The Bertz CT molecular complexity index is 508. The van der Waals surface area contributed by atoms with E-state index in [1.807, 2.05) is 11.5 Å². The van der Waals surface area contributed by atoms with Crippen molar-refractivity contribution < 1.29 is 13.5 Å². The highest BCUT2D eigenvalue weighted by Gasteiger charge is 2.21. The summed E-state index contributed by atoms with van der Waals surface area (Å²) in [7, 11) is -3.62. The molecule has 6 nitrogen and oxygen atoms in total. The first kappa shape index (κ1) is 16.1. The Morgan fingerprint density at radius 1 is 1.47 bits per heavy atom. The van der Waals surface area contributed by atoms with E-state index in [-0.39, 0.29) is 11.1 Å². The maximum atomic E-state index is 12.1. The molecule has 0 saturated carbocycles. The van der Waals surface area contributed by atoms with E-state index in [4.69, 9.17) is 0 Å². The van der Waals surface area contributed by atoms with Crippen molar-refractivity contribution in [3.05, 3.63) is 12.0 Å². The molecule has 0 amide bonds. The zero-order chi connectivity index (χ0) is 14.6. The number of imidazole rings is 1. The molecule has 1 rings (SSSR count). The number of hydrogen-bond acceptors (Lipinski definition) is 4. The molecule has 1 aromatic heterocycles. The van der Waals surface area contributed by atoms with Crippen LogP contribution in [0, 0.1) is 6.92 Å². The molecule has 0 aliphatic heterocycles. The van der Waals surface area contributed by atoms with Gasteiger partial charge in [-0.05, 0) is 33.6 Å². The molecule has 0 bridgehead atoms. The lowest BCUT2D eigenvalue weighted by molar-refractivity contribution is 0.175. The van der Waals surface area contributed by atoms with Gasteiger partial charge in [-0.2, -0.15) is 0 Å². The van der Waals surface area contributed by atoms with E-state index in [1.165, 1.54) is 0 Å². The molecule has 7 heteroatoms. The fourth-order valence-electron chi connectivity index (χ4n) is 1.96. The van der Waals surface area contributed by atoms with E-state index in [2.05, 4.69) is 9.71 Å². The van der Waals surface area contributed by atoms with Crippen molar-refractivity contribution in [3.63, 3.8) is 0 Å². The fraction of sp³-hybridized carbons (Fsp3) is 0.750. The molecule has 0 saturated heterocycles. The van der Waals surface area contributed by atoms with Gasteiger partial charge in [-0.25, -0.2) is 18.1 Å². The number of aryl methyl sites for hydroxylation is 2. The summed E-state index contributed by atoms with van der Waals surface area (Å²) >= 11 is 0. The lowest BCUT2D eigenvalue weighted by atomic mass is 10.2. The maximum absolute atomic E-state index is 12.1. The molecular weight excluding hydrogens is 266 g/mol. The van der Waals surface area contributed by atoms with E-state index in [9.17, 15) is 13.5 Å². The van der Waals surface area contributed by atoms with Crippen molar-refractivity contribution >= 4 is 10.0 Å². The van der Waals surface area contributed by atoms with Gasteiger partial charge in [-0.3, -0.25) is 0 Å². The van der Waals surface area contributed by atoms with E-state index in [1.54, 1.807) is 27.0 Å². The van der Waals surface area contributed by atoms with Crippen molar-refractivity contribution in [1.29, 1.82) is 0 Å². The Labute approximate surface area is 114 Å². The minimum atomic E-state index is -3.62. The average Bonchev–Trinajstić information content (AvgIpc) is 2.59. The van der Waals surface area contributed by atoms with Crippen LogP contribution in [0.4, 0.5) is 0 Å². The second-order valence-corrected chi connectivity index (χ2v) is 6.59. The first-order chi connectivity index (χ1) is 8.76. The third kappa shape index (κ3) is 4.59. The highest BCUT2D eigenvalue weighted by atomic mass is 32.2. The number of aliphatic hydroxyl groups excluding tert-OH is 1. The number of rotatable bonds is 7. The summed E-state index contributed by atoms with van der Waals surface area (Å²) in [5, 5.41) is 9.29. The number of hydrogen-bond donors (Lipinski definition) is 2. The molecule has 110 valence electrons. The average molecular weight is 289 g/mol. The minimum Gasteiger partial charge on any atom is -0.393 e. The summed E-state index contributed by atoms with van der Waals surface area (Å²) in [5.41, 5.74) is 0. The van der Waals surface area contributed by atoms with Gasteiger partial charge in [0.05, 0.1) is 6.10 Å². The molecule has 1 aromatic rings. The minimum absolute atomic E-state index is 0.0379. The zero-order valence-corrected chi connectivity index (χ0v) is 12.7. The van der Waals surface area contributed by atoms with Gasteiger partial charge in [0, 0.05) is 18.8 Å². The van der Waals surface area contributed by atoms with Gasteiger partial charge in [-0.1, -0.05) is 6.92 Å². The Morgan fingerprint density at radius 3 is 2.63 bits per heavy atom. The second-order valence-electron chi connectivity index (χ2n) is 4.93. The zero-order valence-electron chi connectivity index (χ0n) is 11.9. The molecule has 0 aromatic carbocycles. The fourth-order valence-corrected chi connectivity index (χ4v) is 3.23. The highest BCUT2D eigenvalue weighted by molar-refractivity contribution is 7.89. The van der Waals surface area contributed by atoms with Crippen LogP contribution < -0.4 is 4.72 Å². The largest absolute Gasteiger partial charge is 0.393 e. The van der Waals surface area contributed by atoms with Gasteiger partial charge in [0.2, 0.25) is 0 Å². The van der Waals surface area contributed by atoms with Gasteiger partial charge < -0.3 is 9.67 Å². The summed E-state index contributed by atoms with van der Waals surface area (Å²) in [6.45, 7) is 7.91. The van der Waals surface area contributed by atoms with Crippen LogP contribution in [-0.4, -0.2) is 35.2 Å². The molecule has 2 N–H and O–H groups in total. The quantitative estimate of drug-likeness (QED) is 0.785. The monoisotopic (exact) mass is 289 g/mol. The Kier molecular flexibility index (Phi) is 5.51. The van der Waals surface area contributed by atoms with Gasteiger partial charge in [0.25, 0.3) is 10.0 Å². The van der Waals surface area contributed by atoms with Crippen LogP contribution in [0.5, 0.6) is 0 Å². The van der Waals surface area contributed by atoms with Crippen LogP contribution in [0.25, 0.3) is 0 Å². The van der Waals surface area contributed by atoms with Crippen molar-refractivity contribution in [2.75, 3.05) is 0 Å². The van der Waals surface area contributed by atoms with E-state index < -0.39 is 16.1 Å². The lowest BCUT2D eigenvalue weighted by Crippen LogP contribution is -2.34. The standard InChI is InChI=1S/C12H23N3O3S/c1-5-6-15-8-12(13-11(15)4)19(17,18)14-9(2)7-10(3)16/h8-10,14,16H,5-7H2,1-4H3. The van der Waals surface area contributed by atoms with Crippen LogP contribution in [0.3, 0.4) is 0 Å². The molecule has 0 radical (unpaired) electrons. The molecule has 0 spiro atoms. The summed E-state index contributed by atoms with van der Waals surface area (Å²) in [6, 6.07) is -0.332. The normalized spacial score (nSPS) is 15.4. The van der Waals surface area contributed by atoms with Gasteiger partial charge in [0.1, 0.15) is 5.82 Å². The van der Waals surface area contributed by atoms with E-state index >= 15 is 0 Å². The topological polar surface area (TPSA) is 84.2 Å². The molecule has 19 heavy (non-hydrogen) atoms. The maximum Gasteiger partial charge on any atom is 0.259 e. The summed E-state index contributed by atoms with van der Waals surface area (Å²) in [4.78, 5) is 4.08. The van der Waals surface area contributed by atoms with Crippen molar-refractivity contribution in [1.82, 2.24) is 14.3 Å².